The Morgan fingerprint density at radius 2 is 1.94 bits per heavy atom. The van der Waals surface area contributed by atoms with Crippen LogP contribution in [0, 0.1) is 5.82 Å². The minimum atomic E-state index is -1.06. The van der Waals surface area contributed by atoms with Crippen LogP contribution in [0.3, 0.4) is 0 Å². The Labute approximate surface area is 92.5 Å². The van der Waals surface area contributed by atoms with Crippen LogP contribution in [0.2, 0.25) is 0 Å². The van der Waals surface area contributed by atoms with Crippen LogP contribution in [0.4, 0.5) is 4.39 Å². The number of benzene rings is 1. The van der Waals surface area contributed by atoms with E-state index in [0.717, 1.165) is 0 Å². The second-order valence-corrected chi connectivity index (χ2v) is 3.57. The van der Waals surface area contributed by atoms with E-state index in [2.05, 4.69) is 0 Å². The molecule has 0 aromatic heterocycles. The number of aliphatic hydroxyl groups excluding tert-OH is 1. The first kappa shape index (κ1) is 12.6. The molecule has 1 rings (SSSR count). The number of rotatable bonds is 5. The Hall–Kier alpha value is -1.46. The zero-order chi connectivity index (χ0) is 12.1. The number of hydrogen-bond donors (Lipinski definition) is 3. The maximum atomic E-state index is 12.7. The van der Waals surface area contributed by atoms with Crippen molar-refractivity contribution in [2.24, 2.45) is 5.73 Å². The van der Waals surface area contributed by atoms with Gasteiger partial charge in [0.1, 0.15) is 5.82 Å². The van der Waals surface area contributed by atoms with E-state index in [1.54, 1.807) is 0 Å². The number of carboxylic acid groups (broad SMARTS) is 1. The fourth-order valence-electron chi connectivity index (χ4n) is 1.44. The highest BCUT2D eigenvalue weighted by Crippen LogP contribution is 2.21. The van der Waals surface area contributed by atoms with Crippen molar-refractivity contribution in [2.75, 3.05) is 6.54 Å². The Balaban J connectivity index is 2.85. The molecule has 0 aliphatic heterocycles. The SMILES string of the molecule is NC[C@H](O)CC(C(=O)O)c1ccc(F)cc1. The van der Waals surface area contributed by atoms with E-state index < -0.39 is 23.8 Å². The van der Waals surface area contributed by atoms with Crippen molar-refractivity contribution < 1.29 is 19.4 Å². The predicted molar refractivity (Wildman–Crippen MR) is 56.5 cm³/mol. The van der Waals surface area contributed by atoms with Gasteiger partial charge in [-0.15, -0.1) is 0 Å². The Bertz CT molecular complexity index is 353. The molecule has 5 heteroatoms. The van der Waals surface area contributed by atoms with E-state index in [9.17, 15) is 14.3 Å². The minimum absolute atomic E-state index is 0.00494. The normalized spacial score (nSPS) is 14.4. The number of carbonyl (C=O) groups is 1. The third-order valence-corrected chi connectivity index (χ3v) is 2.35. The number of aliphatic carboxylic acids is 1. The van der Waals surface area contributed by atoms with Crippen molar-refractivity contribution in [1.82, 2.24) is 0 Å². The first-order chi connectivity index (χ1) is 7.54. The van der Waals surface area contributed by atoms with Gasteiger partial charge in [0.25, 0.3) is 0 Å². The van der Waals surface area contributed by atoms with Crippen molar-refractivity contribution in [2.45, 2.75) is 18.4 Å². The average molecular weight is 227 g/mol. The summed E-state index contributed by atoms with van der Waals surface area (Å²) in [4.78, 5) is 11.0. The summed E-state index contributed by atoms with van der Waals surface area (Å²) in [7, 11) is 0. The largest absolute Gasteiger partial charge is 0.481 e. The van der Waals surface area contributed by atoms with Gasteiger partial charge in [0.15, 0.2) is 0 Å². The molecule has 1 aromatic rings. The van der Waals surface area contributed by atoms with Crippen LogP contribution in [-0.2, 0) is 4.79 Å². The van der Waals surface area contributed by atoms with Gasteiger partial charge in [0.2, 0.25) is 0 Å². The molecule has 4 N–H and O–H groups in total. The van der Waals surface area contributed by atoms with Crippen molar-refractivity contribution in [1.29, 1.82) is 0 Å². The Morgan fingerprint density at radius 3 is 2.38 bits per heavy atom. The van der Waals surface area contributed by atoms with Crippen LogP contribution in [-0.4, -0.2) is 28.8 Å². The maximum Gasteiger partial charge on any atom is 0.311 e. The second kappa shape index (κ2) is 5.58. The average Bonchev–Trinajstić information content (AvgIpc) is 2.26. The summed E-state index contributed by atoms with van der Waals surface area (Å²) < 4.78 is 12.7. The molecule has 0 aliphatic rings. The van der Waals surface area contributed by atoms with Gasteiger partial charge in [-0.25, -0.2) is 4.39 Å². The monoisotopic (exact) mass is 227 g/mol. The van der Waals surface area contributed by atoms with Crippen molar-refractivity contribution in [3.63, 3.8) is 0 Å². The van der Waals surface area contributed by atoms with Gasteiger partial charge in [0, 0.05) is 6.54 Å². The molecule has 88 valence electrons. The van der Waals surface area contributed by atoms with Crippen LogP contribution in [0.5, 0.6) is 0 Å². The van der Waals surface area contributed by atoms with Gasteiger partial charge < -0.3 is 15.9 Å². The highest BCUT2D eigenvalue weighted by atomic mass is 19.1. The van der Waals surface area contributed by atoms with E-state index in [4.69, 9.17) is 10.8 Å². The van der Waals surface area contributed by atoms with E-state index in [1.807, 2.05) is 0 Å². The van der Waals surface area contributed by atoms with Gasteiger partial charge in [-0.2, -0.15) is 0 Å². The van der Waals surface area contributed by atoms with Gasteiger partial charge in [-0.05, 0) is 24.1 Å². The third-order valence-electron chi connectivity index (χ3n) is 2.35. The molecule has 0 fully saturated rings. The lowest BCUT2D eigenvalue weighted by atomic mass is 9.93. The van der Waals surface area contributed by atoms with Crippen molar-refractivity contribution >= 4 is 5.97 Å². The number of carboxylic acids is 1. The zero-order valence-electron chi connectivity index (χ0n) is 8.64. The number of nitrogens with two attached hydrogens (primary N) is 1. The summed E-state index contributed by atoms with van der Waals surface area (Å²) in [6.45, 7) is 0.00494. The predicted octanol–water partition coefficient (Wildman–Crippen LogP) is 0.704. The second-order valence-electron chi connectivity index (χ2n) is 3.57. The lowest BCUT2D eigenvalue weighted by Gasteiger charge is -2.15. The quantitative estimate of drug-likeness (QED) is 0.691. The summed E-state index contributed by atoms with van der Waals surface area (Å²) in [5, 5.41) is 18.3. The van der Waals surface area contributed by atoms with Crippen molar-refractivity contribution in [3.8, 4) is 0 Å². The molecule has 0 bridgehead atoms. The summed E-state index contributed by atoms with van der Waals surface area (Å²) in [6, 6.07) is 5.19. The minimum Gasteiger partial charge on any atom is -0.481 e. The Kier molecular flexibility index (Phi) is 4.39. The third kappa shape index (κ3) is 3.29. The summed E-state index contributed by atoms with van der Waals surface area (Å²) in [6.07, 6.45) is -0.844. The molecule has 0 spiro atoms. The molecule has 0 radical (unpaired) electrons. The summed E-state index contributed by atoms with van der Waals surface area (Å²) in [5.41, 5.74) is 5.68. The van der Waals surface area contributed by atoms with E-state index in [1.165, 1.54) is 24.3 Å². The molecule has 4 nitrogen and oxygen atoms in total. The van der Waals surface area contributed by atoms with Gasteiger partial charge in [0.05, 0.1) is 12.0 Å². The molecule has 0 amide bonds. The van der Waals surface area contributed by atoms with E-state index >= 15 is 0 Å². The number of aliphatic hydroxyl groups is 1. The van der Waals surface area contributed by atoms with Crippen LogP contribution in [0.15, 0.2) is 24.3 Å². The van der Waals surface area contributed by atoms with Crippen LogP contribution in [0.25, 0.3) is 0 Å². The first-order valence-electron chi connectivity index (χ1n) is 4.91. The molecule has 16 heavy (non-hydrogen) atoms. The van der Waals surface area contributed by atoms with Crippen molar-refractivity contribution in [3.05, 3.63) is 35.6 Å². The van der Waals surface area contributed by atoms with Crippen LogP contribution < -0.4 is 5.73 Å². The molecule has 0 aliphatic carbocycles. The molecule has 1 unspecified atom stereocenters. The van der Waals surface area contributed by atoms with Gasteiger partial charge >= 0.3 is 5.97 Å². The molecule has 0 saturated carbocycles. The first-order valence-corrected chi connectivity index (χ1v) is 4.91. The van der Waals surface area contributed by atoms with E-state index in [-0.39, 0.29) is 13.0 Å². The smallest absolute Gasteiger partial charge is 0.311 e. The molecule has 0 heterocycles. The highest BCUT2D eigenvalue weighted by Gasteiger charge is 2.22. The van der Waals surface area contributed by atoms with Gasteiger partial charge in [-0.3, -0.25) is 4.79 Å². The molecular formula is C11H14FNO3. The topological polar surface area (TPSA) is 83.5 Å². The highest BCUT2D eigenvalue weighted by molar-refractivity contribution is 5.76. The molecule has 1 aromatic carbocycles. The van der Waals surface area contributed by atoms with E-state index in [0.29, 0.717) is 5.56 Å². The molecular weight excluding hydrogens is 213 g/mol. The lowest BCUT2D eigenvalue weighted by Crippen LogP contribution is -2.25. The molecule has 0 saturated heterocycles. The maximum absolute atomic E-state index is 12.7. The van der Waals surface area contributed by atoms with Crippen LogP contribution >= 0.6 is 0 Å². The zero-order valence-corrected chi connectivity index (χ0v) is 8.64. The Morgan fingerprint density at radius 1 is 1.38 bits per heavy atom. The summed E-state index contributed by atoms with van der Waals surface area (Å²) >= 11 is 0. The van der Waals surface area contributed by atoms with Crippen LogP contribution in [0.1, 0.15) is 17.9 Å². The fraction of sp³-hybridized carbons (Fsp3) is 0.364. The fourth-order valence-corrected chi connectivity index (χ4v) is 1.44. The van der Waals surface area contributed by atoms with Gasteiger partial charge in [-0.1, -0.05) is 12.1 Å². The lowest BCUT2D eigenvalue weighted by molar-refractivity contribution is -0.139. The standard InChI is InChI=1S/C11H14FNO3/c12-8-3-1-7(2-4-8)10(11(15)16)5-9(14)6-13/h1-4,9-10,14H,5-6,13H2,(H,15,16)/t9-,10?/m1/s1. The molecule has 2 atom stereocenters. The number of hydrogen-bond acceptors (Lipinski definition) is 3. The number of halogens is 1. The summed E-state index contributed by atoms with van der Waals surface area (Å²) in [5.74, 6) is -2.34.